The minimum Gasteiger partial charge on any atom is -0.396 e. The topological polar surface area (TPSA) is 89.6 Å². The van der Waals surface area contributed by atoms with Gasteiger partial charge in [0.05, 0.1) is 18.3 Å². The predicted octanol–water partition coefficient (Wildman–Crippen LogP) is 1.05. The van der Waals surface area contributed by atoms with Crippen LogP contribution >= 0.6 is 0 Å². The van der Waals surface area contributed by atoms with Crippen LogP contribution in [0.15, 0.2) is 12.3 Å². The van der Waals surface area contributed by atoms with E-state index in [0.717, 1.165) is 47.4 Å². The molecule has 4 N–H and O–H groups in total. The van der Waals surface area contributed by atoms with E-state index in [1.165, 1.54) is 5.69 Å². The molecule has 0 aliphatic carbocycles. The fourth-order valence-corrected chi connectivity index (χ4v) is 2.98. The number of imidazole rings is 1. The number of aliphatic hydroxyl groups is 1. The maximum Gasteiger partial charge on any atom is 0.139 e. The van der Waals surface area contributed by atoms with E-state index in [4.69, 9.17) is 5.11 Å². The highest BCUT2D eigenvalue weighted by Crippen LogP contribution is 2.28. The quantitative estimate of drug-likeness (QED) is 0.573. The van der Waals surface area contributed by atoms with Crippen molar-refractivity contribution in [1.82, 2.24) is 25.3 Å². The number of aliphatic hydroxyl groups excluding tert-OH is 1. The monoisotopic (exact) mass is 271 g/mol. The first-order chi connectivity index (χ1) is 9.85. The van der Waals surface area contributed by atoms with Crippen LogP contribution in [0.3, 0.4) is 0 Å². The number of hydrogen-bond acceptors (Lipinski definition) is 4. The van der Waals surface area contributed by atoms with Crippen LogP contribution in [0.25, 0.3) is 22.1 Å². The Hall–Kier alpha value is -1.92. The van der Waals surface area contributed by atoms with Crippen LogP contribution in [-0.4, -0.2) is 44.7 Å². The zero-order chi connectivity index (χ0) is 13.5. The summed E-state index contributed by atoms with van der Waals surface area (Å²) < 4.78 is 0. The second-order valence-electron chi connectivity index (χ2n) is 5.35. The molecule has 4 heterocycles. The maximum absolute atomic E-state index is 9.02. The molecule has 0 spiro atoms. The Morgan fingerprint density at radius 3 is 3.10 bits per heavy atom. The van der Waals surface area contributed by atoms with E-state index in [2.05, 4.69) is 31.3 Å². The third-order valence-corrected chi connectivity index (χ3v) is 4.03. The summed E-state index contributed by atoms with van der Waals surface area (Å²) >= 11 is 0. The Kier molecular flexibility index (Phi) is 2.71. The molecule has 1 aliphatic rings. The van der Waals surface area contributed by atoms with Crippen LogP contribution in [-0.2, 0) is 6.42 Å². The van der Waals surface area contributed by atoms with Gasteiger partial charge in [0.1, 0.15) is 17.0 Å². The summed E-state index contributed by atoms with van der Waals surface area (Å²) in [6.45, 7) is 2.20. The summed E-state index contributed by atoms with van der Waals surface area (Å²) in [5, 5.41) is 13.5. The second-order valence-corrected chi connectivity index (χ2v) is 5.35. The van der Waals surface area contributed by atoms with E-state index in [-0.39, 0.29) is 6.61 Å². The van der Waals surface area contributed by atoms with E-state index < -0.39 is 0 Å². The molecular weight excluding hydrogens is 254 g/mol. The molecule has 0 aromatic carbocycles. The van der Waals surface area contributed by atoms with Crippen LogP contribution in [0, 0.1) is 0 Å². The lowest BCUT2D eigenvalue weighted by molar-refractivity contribution is 0.297. The van der Waals surface area contributed by atoms with Gasteiger partial charge in [-0.3, -0.25) is 0 Å². The third kappa shape index (κ3) is 1.80. The number of H-pyrrole nitrogens is 2. The fraction of sp³-hybridized carbons (Fsp3) is 0.429. The zero-order valence-corrected chi connectivity index (χ0v) is 11.1. The summed E-state index contributed by atoms with van der Waals surface area (Å²) in [5.41, 5.74) is 3.99. The van der Waals surface area contributed by atoms with Gasteiger partial charge in [0.15, 0.2) is 0 Å². The number of hydrogen-bond donors (Lipinski definition) is 4. The summed E-state index contributed by atoms with van der Waals surface area (Å²) in [7, 11) is 0. The molecule has 1 aliphatic heterocycles. The molecule has 6 heteroatoms. The first kappa shape index (κ1) is 11.9. The number of rotatable bonds is 3. The predicted molar refractivity (Wildman–Crippen MR) is 76.8 cm³/mol. The summed E-state index contributed by atoms with van der Waals surface area (Å²) in [4.78, 5) is 15.7. The Labute approximate surface area is 115 Å². The minimum atomic E-state index is 0.0997. The molecule has 0 unspecified atom stereocenters. The molecule has 20 heavy (non-hydrogen) atoms. The standard InChI is InChI=1S/C14H17N5O/c20-4-2-12-17-11-7-16-14-9(13(11)19-12)5-10(18-14)8-1-3-15-6-8/h5,7-8,15,20H,1-4,6H2,(H,16,18)(H,17,19)/t8-/m0/s1. The summed E-state index contributed by atoms with van der Waals surface area (Å²) in [5.74, 6) is 1.34. The molecule has 1 atom stereocenters. The van der Waals surface area contributed by atoms with Gasteiger partial charge < -0.3 is 20.4 Å². The fourth-order valence-electron chi connectivity index (χ4n) is 2.98. The van der Waals surface area contributed by atoms with E-state index in [9.17, 15) is 0 Å². The van der Waals surface area contributed by atoms with E-state index >= 15 is 0 Å². The van der Waals surface area contributed by atoms with Gasteiger partial charge in [0.25, 0.3) is 0 Å². The highest BCUT2D eigenvalue weighted by Gasteiger charge is 2.20. The van der Waals surface area contributed by atoms with Gasteiger partial charge in [-0.05, 0) is 19.0 Å². The number of nitrogens with one attached hydrogen (secondary N) is 3. The number of aromatic nitrogens is 4. The van der Waals surface area contributed by atoms with Crippen molar-refractivity contribution in [2.75, 3.05) is 19.7 Å². The molecule has 6 nitrogen and oxygen atoms in total. The minimum absolute atomic E-state index is 0.0997. The molecular formula is C14H17N5O. The van der Waals surface area contributed by atoms with Gasteiger partial charge in [0, 0.05) is 30.0 Å². The van der Waals surface area contributed by atoms with Crippen LogP contribution in [0.5, 0.6) is 0 Å². The van der Waals surface area contributed by atoms with Gasteiger partial charge in [-0.25, -0.2) is 9.97 Å². The first-order valence-electron chi connectivity index (χ1n) is 7.03. The maximum atomic E-state index is 9.02. The number of fused-ring (bicyclic) bond motifs is 3. The lowest BCUT2D eigenvalue weighted by Crippen LogP contribution is -2.07. The van der Waals surface area contributed by atoms with Gasteiger partial charge >= 0.3 is 0 Å². The highest BCUT2D eigenvalue weighted by atomic mass is 16.3. The van der Waals surface area contributed by atoms with Crippen molar-refractivity contribution in [3.63, 3.8) is 0 Å². The summed E-state index contributed by atoms with van der Waals surface area (Å²) in [6.07, 6.45) is 3.50. The average molecular weight is 271 g/mol. The van der Waals surface area contributed by atoms with Crippen molar-refractivity contribution in [2.45, 2.75) is 18.8 Å². The van der Waals surface area contributed by atoms with E-state index in [1.807, 2.05) is 0 Å². The number of nitrogens with zero attached hydrogens (tertiary/aromatic N) is 2. The van der Waals surface area contributed by atoms with Gasteiger partial charge in [-0.1, -0.05) is 0 Å². The largest absolute Gasteiger partial charge is 0.396 e. The second kappa shape index (κ2) is 4.57. The normalized spacial score (nSPS) is 19.4. The van der Waals surface area contributed by atoms with Crippen molar-refractivity contribution in [1.29, 1.82) is 0 Å². The highest BCUT2D eigenvalue weighted by molar-refractivity contribution is 6.01. The molecule has 0 amide bonds. The van der Waals surface area contributed by atoms with Crippen molar-refractivity contribution >= 4 is 22.1 Å². The van der Waals surface area contributed by atoms with Crippen LogP contribution in [0.4, 0.5) is 0 Å². The van der Waals surface area contributed by atoms with Crippen molar-refractivity contribution in [2.24, 2.45) is 0 Å². The molecule has 4 rings (SSSR count). The Bertz CT molecular complexity index is 753. The van der Waals surface area contributed by atoms with Crippen LogP contribution in [0.1, 0.15) is 23.9 Å². The van der Waals surface area contributed by atoms with Crippen LogP contribution < -0.4 is 5.32 Å². The van der Waals surface area contributed by atoms with Crippen molar-refractivity contribution in [3.05, 3.63) is 23.8 Å². The molecule has 0 bridgehead atoms. The molecule has 3 aromatic rings. The average Bonchev–Trinajstić information content (AvgIpc) is 3.16. The van der Waals surface area contributed by atoms with E-state index in [0.29, 0.717) is 12.3 Å². The van der Waals surface area contributed by atoms with Crippen molar-refractivity contribution < 1.29 is 5.11 Å². The molecule has 1 fully saturated rings. The van der Waals surface area contributed by atoms with Crippen LogP contribution in [0.2, 0.25) is 0 Å². The molecule has 104 valence electrons. The Morgan fingerprint density at radius 2 is 2.30 bits per heavy atom. The van der Waals surface area contributed by atoms with Gasteiger partial charge in [-0.2, -0.15) is 0 Å². The lowest BCUT2D eigenvalue weighted by Gasteiger charge is -2.03. The van der Waals surface area contributed by atoms with Gasteiger partial charge in [-0.15, -0.1) is 0 Å². The molecule has 3 aromatic heterocycles. The van der Waals surface area contributed by atoms with E-state index in [1.54, 1.807) is 6.20 Å². The summed E-state index contributed by atoms with van der Waals surface area (Å²) in [6, 6.07) is 2.17. The lowest BCUT2D eigenvalue weighted by atomic mass is 10.1. The molecule has 1 saturated heterocycles. The first-order valence-corrected chi connectivity index (χ1v) is 7.03. The SMILES string of the molecule is OCCc1nc2c(cnc3[nH]c([C@H]4CCNC4)cc32)[nH]1. The Morgan fingerprint density at radius 1 is 1.35 bits per heavy atom. The smallest absolute Gasteiger partial charge is 0.139 e. The number of aromatic amines is 2. The molecule has 0 saturated carbocycles. The molecule has 0 radical (unpaired) electrons. The Balaban J connectivity index is 1.85. The number of pyridine rings is 1. The van der Waals surface area contributed by atoms with Crippen molar-refractivity contribution in [3.8, 4) is 0 Å². The van der Waals surface area contributed by atoms with Gasteiger partial charge in [0.2, 0.25) is 0 Å². The third-order valence-electron chi connectivity index (χ3n) is 4.03. The zero-order valence-electron chi connectivity index (χ0n) is 11.1.